The Morgan fingerprint density at radius 2 is 1.63 bits per heavy atom. The lowest BCUT2D eigenvalue weighted by molar-refractivity contribution is 1.43. The third kappa shape index (κ3) is 2.06. The zero-order valence-corrected chi connectivity index (χ0v) is 11.1. The van der Waals surface area contributed by atoms with Crippen molar-refractivity contribution in [2.24, 2.45) is 0 Å². The predicted molar refractivity (Wildman–Crippen MR) is 83.8 cm³/mol. The molecule has 0 saturated heterocycles. The van der Waals surface area contributed by atoms with Crippen LogP contribution in [0.1, 0.15) is 27.8 Å². The second-order valence-electron chi connectivity index (χ2n) is 4.83. The average molecular weight is 244 g/mol. The van der Waals surface area contributed by atoms with E-state index in [0.29, 0.717) is 0 Å². The van der Waals surface area contributed by atoms with Crippen molar-refractivity contribution >= 4 is 17.7 Å². The summed E-state index contributed by atoms with van der Waals surface area (Å²) in [5.74, 6) is 0. The second-order valence-corrected chi connectivity index (χ2v) is 4.83. The number of benzene rings is 2. The van der Waals surface area contributed by atoms with E-state index in [1.807, 2.05) is 6.08 Å². The van der Waals surface area contributed by atoms with Crippen molar-refractivity contribution in [1.82, 2.24) is 0 Å². The fourth-order valence-corrected chi connectivity index (χ4v) is 2.57. The maximum atomic E-state index is 3.85. The van der Waals surface area contributed by atoms with E-state index >= 15 is 0 Å². The van der Waals surface area contributed by atoms with Gasteiger partial charge in [0.25, 0.3) is 0 Å². The van der Waals surface area contributed by atoms with E-state index in [0.717, 1.165) is 0 Å². The van der Waals surface area contributed by atoms with Crippen LogP contribution in [0.3, 0.4) is 0 Å². The Morgan fingerprint density at radius 1 is 0.895 bits per heavy atom. The summed E-state index contributed by atoms with van der Waals surface area (Å²) in [5, 5.41) is 0. The molecule has 1 aliphatic carbocycles. The largest absolute Gasteiger partial charge is 0.0990 e. The quantitative estimate of drug-likeness (QED) is 0.559. The molecule has 92 valence electrons. The van der Waals surface area contributed by atoms with Crippen LogP contribution < -0.4 is 0 Å². The van der Waals surface area contributed by atoms with Gasteiger partial charge in [0.2, 0.25) is 0 Å². The van der Waals surface area contributed by atoms with Crippen LogP contribution in [0.15, 0.2) is 61.2 Å². The Balaban J connectivity index is 2.33. The van der Waals surface area contributed by atoms with Crippen molar-refractivity contribution in [2.45, 2.75) is 6.92 Å². The van der Waals surface area contributed by atoms with Gasteiger partial charge in [-0.15, -0.1) is 0 Å². The number of hydrogen-bond acceptors (Lipinski definition) is 0. The smallest absolute Gasteiger partial charge is 0.00996 e. The van der Waals surface area contributed by atoms with Gasteiger partial charge in [-0.25, -0.2) is 0 Å². The predicted octanol–water partition coefficient (Wildman–Crippen LogP) is 5.10. The fraction of sp³-hybridized carbons (Fsp3) is 0.0526. The standard InChI is InChI=1S/C19H16/c1-3-6-19-17-8-5-4-7-15(17)10-11-16-13-14(2)9-12-18(16)19/h3-13H,1H2,2H3. The molecule has 0 spiro atoms. The molecular formula is C19H16. The molecule has 19 heavy (non-hydrogen) atoms. The average Bonchev–Trinajstić information content (AvgIpc) is 2.57. The van der Waals surface area contributed by atoms with Gasteiger partial charge in [0.1, 0.15) is 0 Å². The summed E-state index contributed by atoms with van der Waals surface area (Å²) in [6.07, 6.45) is 8.35. The van der Waals surface area contributed by atoms with E-state index in [2.05, 4.69) is 74.2 Å². The van der Waals surface area contributed by atoms with Gasteiger partial charge < -0.3 is 0 Å². The Bertz CT molecular complexity index is 700. The minimum absolute atomic E-state index is 1.24. The minimum Gasteiger partial charge on any atom is -0.0990 e. The van der Waals surface area contributed by atoms with Gasteiger partial charge in [0.15, 0.2) is 0 Å². The molecule has 0 fully saturated rings. The van der Waals surface area contributed by atoms with Crippen molar-refractivity contribution in [1.29, 1.82) is 0 Å². The molecule has 0 radical (unpaired) electrons. The molecule has 0 saturated carbocycles. The first kappa shape index (κ1) is 11.7. The molecule has 0 N–H and O–H groups in total. The van der Waals surface area contributed by atoms with Gasteiger partial charge in [-0.3, -0.25) is 0 Å². The molecule has 0 unspecified atom stereocenters. The van der Waals surface area contributed by atoms with E-state index in [4.69, 9.17) is 0 Å². The third-order valence-electron chi connectivity index (χ3n) is 3.48. The molecule has 0 aromatic heterocycles. The van der Waals surface area contributed by atoms with Gasteiger partial charge in [0.05, 0.1) is 0 Å². The lowest BCUT2D eigenvalue weighted by atomic mass is 9.92. The first-order valence-corrected chi connectivity index (χ1v) is 6.51. The zero-order valence-electron chi connectivity index (χ0n) is 11.1. The zero-order chi connectivity index (χ0) is 13.2. The maximum absolute atomic E-state index is 3.85. The maximum Gasteiger partial charge on any atom is -0.00996 e. The van der Waals surface area contributed by atoms with Crippen LogP contribution in [0.4, 0.5) is 0 Å². The summed E-state index contributed by atoms with van der Waals surface area (Å²) < 4.78 is 0. The SMILES string of the molecule is C=CC=C1c2ccccc2C=Cc2cc(C)ccc21. The van der Waals surface area contributed by atoms with Crippen LogP contribution in [0.25, 0.3) is 17.7 Å². The van der Waals surface area contributed by atoms with Crippen LogP contribution in [-0.2, 0) is 0 Å². The number of rotatable bonds is 1. The highest BCUT2D eigenvalue weighted by Crippen LogP contribution is 2.34. The molecule has 3 rings (SSSR count). The molecule has 0 aliphatic heterocycles. The summed E-state index contributed by atoms with van der Waals surface area (Å²) in [6, 6.07) is 15.1. The summed E-state index contributed by atoms with van der Waals surface area (Å²) in [7, 11) is 0. The first-order chi connectivity index (χ1) is 9.29. The van der Waals surface area contributed by atoms with Crippen molar-refractivity contribution in [3.05, 3.63) is 89.0 Å². The molecule has 0 bridgehead atoms. The van der Waals surface area contributed by atoms with Gasteiger partial charge in [0, 0.05) is 0 Å². The minimum atomic E-state index is 1.24. The Hall–Kier alpha value is -2.34. The topological polar surface area (TPSA) is 0 Å². The van der Waals surface area contributed by atoms with Gasteiger partial charge in [-0.1, -0.05) is 78.9 Å². The Kier molecular flexibility index (Phi) is 2.92. The van der Waals surface area contributed by atoms with Crippen LogP contribution >= 0.6 is 0 Å². The molecule has 0 amide bonds. The molecule has 0 heterocycles. The van der Waals surface area contributed by atoms with E-state index in [-0.39, 0.29) is 0 Å². The molecule has 0 atom stereocenters. The van der Waals surface area contributed by atoms with Crippen LogP contribution in [0, 0.1) is 6.92 Å². The fourth-order valence-electron chi connectivity index (χ4n) is 2.57. The molecule has 0 heteroatoms. The van der Waals surface area contributed by atoms with Crippen LogP contribution in [0.5, 0.6) is 0 Å². The van der Waals surface area contributed by atoms with E-state index in [1.165, 1.54) is 33.4 Å². The van der Waals surface area contributed by atoms with Crippen LogP contribution in [0.2, 0.25) is 0 Å². The summed E-state index contributed by atoms with van der Waals surface area (Å²) in [6.45, 7) is 5.98. The summed E-state index contributed by atoms with van der Waals surface area (Å²) in [5.41, 5.74) is 7.58. The molecule has 0 nitrogen and oxygen atoms in total. The van der Waals surface area contributed by atoms with Crippen molar-refractivity contribution in [3.63, 3.8) is 0 Å². The Labute approximate surface area is 114 Å². The number of allylic oxidation sites excluding steroid dienone is 2. The molecule has 2 aromatic carbocycles. The number of fused-ring (bicyclic) bond motifs is 2. The van der Waals surface area contributed by atoms with Crippen molar-refractivity contribution in [2.75, 3.05) is 0 Å². The van der Waals surface area contributed by atoms with Crippen molar-refractivity contribution in [3.8, 4) is 0 Å². The van der Waals surface area contributed by atoms with Gasteiger partial charge in [-0.05, 0) is 34.8 Å². The molecule has 1 aliphatic rings. The summed E-state index contributed by atoms with van der Waals surface area (Å²) >= 11 is 0. The molecule has 2 aromatic rings. The Morgan fingerprint density at radius 3 is 2.47 bits per heavy atom. The van der Waals surface area contributed by atoms with Gasteiger partial charge >= 0.3 is 0 Å². The van der Waals surface area contributed by atoms with Crippen molar-refractivity contribution < 1.29 is 0 Å². The molecular weight excluding hydrogens is 228 g/mol. The third-order valence-corrected chi connectivity index (χ3v) is 3.48. The number of aryl methyl sites for hydroxylation is 1. The monoisotopic (exact) mass is 244 g/mol. The normalized spacial score (nSPS) is 14.7. The highest BCUT2D eigenvalue weighted by molar-refractivity contribution is 5.94. The second kappa shape index (κ2) is 4.74. The highest BCUT2D eigenvalue weighted by Gasteiger charge is 2.13. The lowest BCUT2D eigenvalue weighted by Crippen LogP contribution is -1.92. The first-order valence-electron chi connectivity index (χ1n) is 6.51. The lowest BCUT2D eigenvalue weighted by Gasteiger charge is -2.11. The van der Waals surface area contributed by atoms with E-state index in [1.54, 1.807) is 0 Å². The number of hydrogen-bond donors (Lipinski definition) is 0. The van der Waals surface area contributed by atoms with E-state index < -0.39 is 0 Å². The van der Waals surface area contributed by atoms with Crippen LogP contribution in [-0.4, -0.2) is 0 Å². The van der Waals surface area contributed by atoms with Gasteiger partial charge in [-0.2, -0.15) is 0 Å². The highest BCUT2D eigenvalue weighted by atomic mass is 14.2. The summed E-state index contributed by atoms with van der Waals surface area (Å²) in [4.78, 5) is 0. The van der Waals surface area contributed by atoms with E-state index in [9.17, 15) is 0 Å².